The Labute approximate surface area is 188 Å². The summed E-state index contributed by atoms with van der Waals surface area (Å²) in [6, 6.07) is 5.48. The van der Waals surface area contributed by atoms with Gasteiger partial charge in [0.05, 0.1) is 11.3 Å². The number of likely N-dealkylation sites (tertiary alicyclic amines) is 1. The molecule has 33 heavy (non-hydrogen) atoms. The highest BCUT2D eigenvalue weighted by molar-refractivity contribution is 5.96. The summed E-state index contributed by atoms with van der Waals surface area (Å²) in [6.45, 7) is 4.25. The molecular formula is C22H25F2N7O2. The van der Waals surface area contributed by atoms with Crippen LogP contribution in [-0.4, -0.2) is 68.6 Å². The molecular weight excluding hydrogens is 432 g/mol. The maximum absolute atomic E-state index is 13.5. The van der Waals surface area contributed by atoms with Gasteiger partial charge in [-0.3, -0.25) is 9.20 Å². The van der Waals surface area contributed by atoms with E-state index in [9.17, 15) is 18.4 Å². The first-order chi connectivity index (χ1) is 15.8. The van der Waals surface area contributed by atoms with Crippen molar-refractivity contribution in [2.45, 2.75) is 25.7 Å². The summed E-state index contributed by atoms with van der Waals surface area (Å²) in [5, 5.41) is 4.26. The smallest absolute Gasteiger partial charge is 0.350 e. The number of aryl methyl sites for hydroxylation is 1. The Morgan fingerprint density at radius 2 is 1.91 bits per heavy atom. The number of carbonyl (C=O) groups excluding carboxylic acids is 1. The maximum Gasteiger partial charge on any atom is 0.350 e. The molecule has 0 radical (unpaired) electrons. The second-order valence-corrected chi connectivity index (χ2v) is 8.47. The molecule has 3 aromatic heterocycles. The Morgan fingerprint density at radius 3 is 2.64 bits per heavy atom. The van der Waals surface area contributed by atoms with Crippen molar-refractivity contribution in [2.24, 2.45) is 7.05 Å². The molecule has 1 amide bonds. The van der Waals surface area contributed by atoms with Crippen LogP contribution in [0.1, 0.15) is 30.1 Å². The third kappa shape index (κ3) is 3.70. The Balaban J connectivity index is 1.48. The number of alkyl halides is 2. The topological polar surface area (TPSA) is 79.0 Å². The molecule has 5 heterocycles. The molecule has 1 saturated heterocycles. The molecule has 2 aliphatic heterocycles. The maximum atomic E-state index is 13.5. The van der Waals surface area contributed by atoms with E-state index in [1.54, 1.807) is 19.3 Å². The summed E-state index contributed by atoms with van der Waals surface area (Å²) >= 11 is 0. The van der Waals surface area contributed by atoms with E-state index in [4.69, 9.17) is 0 Å². The second kappa shape index (κ2) is 7.82. The number of aromatic nitrogens is 4. The fraction of sp³-hybridized carbons (Fsp3) is 0.455. The van der Waals surface area contributed by atoms with Crippen molar-refractivity contribution in [2.75, 3.05) is 42.5 Å². The number of piperidine rings is 1. The van der Waals surface area contributed by atoms with Crippen LogP contribution >= 0.6 is 0 Å². The third-order valence-corrected chi connectivity index (χ3v) is 6.41. The van der Waals surface area contributed by atoms with Gasteiger partial charge >= 0.3 is 5.69 Å². The van der Waals surface area contributed by atoms with Gasteiger partial charge in [-0.05, 0) is 19.1 Å². The average molecular weight is 457 g/mol. The van der Waals surface area contributed by atoms with Crippen molar-refractivity contribution in [3.8, 4) is 0 Å². The monoisotopic (exact) mass is 457 g/mol. The molecule has 0 saturated carbocycles. The zero-order chi connectivity index (χ0) is 23.3. The van der Waals surface area contributed by atoms with Crippen LogP contribution in [0.5, 0.6) is 0 Å². The number of anilines is 3. The Hall–Kier alpha value is -3.50. The molecule has 0 aliphatic carbocycles. The third-order valence-electron chi connectivity index (χ3n) is 6.41. The number of pyridine rings is 2. The van der Waals surface area contributed by atoms with Gasteiger partial charge in [-0.1, -0.05) is 0 Å². The van der Waals surface area contributed by atoms with E-state index in [0.29, 0.717) is 23.6 Å². The van der Waals surface area contributed by atoms with Gasteiger partial charge < -0.3 is 14.7 Å². The molecule has 5 rings (SSSR count). The van der Waals surface area contributed by atoms with Gasteiger partial charge in [-0.25, -0.2) is 23.2 Å². The molecule has 0 aromatic carbocycles. The molecule has 0 bridgehead atoms. The lowest BCUT2D eigenvalue weighted by atomic mass is 10.1. The number of hydrogen-bond acceptors (Lipinski definition) is 6. The zero-order valence-corrected chi connectivity index (χ0v) is 18.5. The average Bonchev–Trinajstić information content (AvgIpc) is 3.10. The van der Waals surface area contributed by atoms with Crippen LogP contribution in [0.3, 0.4) is 0 Å². The molecule has 0 N–H and O–H groups in total. The molecule has 1 fully saturated rings. The lowest BCUT2D eigenvalue weighted by molar-refractivity contribution is -0.0494. The lowest BCUT2D eigenvalue weighted by Gasteiger charge is -2.38. The van der Waals surface area contributed by atoms with Crippen LogP contribution in [0.15, 0.2) is 35.4 Å². The number of halogens is 2. The fourth-order valence-electron chi connectivity index (χ4n) is 4.49. The molecule has 0 atom stereocenters. The minimum atomic E-state index is -2.70. The van der Waals surface area contributed by atoms with Gasteiger partial charge in [0.2, 0.25) is 0 Å². The number of fused-ring (bicyclic) bond motifs is 2. The van der Waals surface area contributed by atoms with Crippen molar-refractivity contribution in [3.63, 3.8) is 0 Å². The Morgan fingerprint density at radius 1 is 1.15 bits per heavy atom. The zero-order valence-electron chi connectivity index (χ0n) is 18.5. The summed E-state index contributed by atoms with van der Waals surface area (Å²) in [4.78, 5) is 35.4. The summed E-state index contributed by atoms with van der Waals surface area (Å²) < 4.78 is 29.8. The number of likely N-dealkylation sites (N-methyl/N-ethyl adjacent to an activating group) is 1. The van der Waals surface area contributed by atoms with E-state index in [1.807, 2.05) is 24.0 Å². The number of amides is 1. The van der Waals surface area contributed by atoms with Crippen LogP contribution in [-0.2, 0) is 7.05 Å². The molecule has 11 heteroatoms. The Kier molecular flexibility index (Phi) is 5.06. The molecule has 2 aliphatic rings. The van der Waals surface area contributed by atoms with Crippen molar-refractivity contribution < 1.29 is 13.6 Å². The SMILES string of the molecule is CCN1CCN(c2ccn3c(=O)n(C)nc3c2)c2ncc(C(=O)N3CCC(F)(F)CC3)cc21. The highest BCUT2D eigenvalue weighted by Gasteiger charge is 2.36. The first-order valence-electron chi connectivity index (χ1n) is 11.0. The van der Waals surface area contributed by atoms with Crippen LogP contribution < -0.4 is 15.5 Å². The van der Waals surface area contributed by atoms with E-state index in [2.05, 4.69) is 15.0 Å². The van der Waals surface area contributed by atoms with Gasteiger partial charge in [0.1, 0.15) is 0 Å². The van der Waals surface area contributed by atoms with Crippen LogP contribution in [0.4, 0.5) is 26.0 Å². The van der Waals surface area contributed by atoms with Crippen LogP contribution in [0, 0.1) is 0 Å². The molecule has 0 spiro atoms. The van der Waals surface area contributed by atoms with E-state index in [-0.39, 0.29) is 37.5 Å². The van der Waals surface area contributed by atoms with Gasteiger partial charge in [-0.2, -0.15) is 5.10 Å². The van der Waals surface area contributed by atoms with Crippen LogP contribution in [0.2, 0.25) is 0 Å². The van der Waals surface area contributed by atoms with Gasteiger partial charge in [0.15, 0.2) is 11.5 Å². The second-order valence-electron chi connectivity index (χ2n) is 8.47. The van der Waals surface area contributed by atoms with Gasteiger partial charge in [0.25, 0.3) is 11.8 Å². The highest BCUT2D eigenvalue weighted by Crippen LogP contribution is 2.37. The van der Waals surface area contributed by atoms with Crippen molar-refractivity contribution in [1.82, 2.24) is 24.1 Å². The summed E-state index contributed by atoms with van der Waals surface area (Å²) in [5.41, 5.74) is 2.37. The summed E-state index contributed by atoms with van der Waals surface area (Å²) in [5.74, 6) is -2.28. The largest absolute Gasteiger partial charge is 0.367 e. The number of rotatable bonds is 3. The summed E-state index contributed by atoms with van der Waals surface area (Å²) in [6.07, 6.45) is 2.58. The van der Waals surface area contributed by atoms with Crippen LogP contribution in [0.25, 0.3) is 5.65 Å². The minimum absolute atomic E-state index is 0.0377. The highest BCUT2D eigenvalue weighted by atomic mass is 19.3. The standard InChI is InChI=1S/C22H25F2N7O2/c1-3-28-10-11-30(16-4-7-31-18(13-16)26-27(2)21(31)33)19-17(28)12-15(14-25-19)20(32)29-8-5-22(23,24)6-9-29/h4,7,12-14H,3,5-6,8-11H2,1-2H3. The first kappa shape index (κ1) is 21.4. The molecule has 174 valence electrons. The predicted molar refractivity (Wildman–Crippen MR) is 120 cm³/mol. The first-order valence-corrected chi connectivity index (χ1v) is 11.0. The molecule has 0 unspecified atom stereocenters. The van der Waals surface area contributed by atoms with Gasteiger partial charge in [0, 0.05) is 76.8 Å². The van der Waals surface area contributed by atoms with E-state index in [1.165, 1.54) is 20.2 Å². The minimum Gasteiger partial charge on any atom is -0.367 e. The number of carbonyl (C=O) groups is 1. The summed E-state index contributed by atoms with van der Waals surface area (Å²) in [7, 11) is 1.61. The van der Waals surface area contributed by atoms with Crippen molar-refractivity contribution in [3.05, 3.63) is 46.6 Å². The lowest BCUT2D eigenvalue weighted by Crippen LogP contribution is -2.43. The number of nitrogens with zero attached hydrogens (tertiary/aromatic N) is 7. The number of hydrogen-bond donors (Lipinski definition) is 0. The predicted octanol–water partition coefficient (Wildman–Crippen LogP) is 2.28. The quantitative estimate of drug-likeness (QED) is 0.601. The van der Waals surface area contributed by atoms with E-state index < -0.39 is 5.92 Å². The van der Waals surface area contributed by atoms with E-state index >= 15 is 0 Å². The van der Waals surface area contributed by atoms with E-state index in [0.717, 1.165) is 24.5 Å². The van der Waals surface area contributed by atoms with Crippen molar-refractivity contribution >= 4 is 28.7 Å². The fourth-order valence-corrected chi connectivity index (χ4v) is 4.49. The molecule has 3 aromatic rings. The Bertz CT molecular complexity index is 1280. The normalized spacial score (nSPS) is 18.0. The van der Waals surface area contributed by atoms with Crippen molar-refractivity contribution in [1.29, 1.82) is 0 Å². The molecule has 9 nitrogen and oxygen atoms in total. The van der Waals surface area contributed by atoms with Gasteiger partial charge in [-0.15, -0.1) is 0 Å².